The quantitative estimate of drug-likeness (QED) is 0.896. The van der Waals surface area contributed by atoms with E-state index < -0.39 is 0 Å². The van der Waals surface area contributed by atoms with Crippen molar-refractivity contribution in [2.75, 3.05) is 12.8 Å². The summed E-state index contributed by atoms with van der Waals surface area (Å²) < 4.78 is 0. The molecular formula is C13H16N4OS3. The van der Waals surface area contributed by atoms with Gasteiger partial charge in [-0.05, 0) is 24.3 Å². The highest BCUT2D eigenvalue weighted by Gasteiger charge is 2.42. The fourth-order valence-electron chi connectivity index (χ4n) is 2.34. The van der Waals surface area contributed by atoms with Crippen LogP contribution in [0.2, 0.25) is 0 Å². The molecule has 1 aromatic heterocycles. The number of nitrogen functional groups attached to an aromatic ring is 1. The maximum Gasteiger partial charge on any atom is 0.238 e. The number of nitrogens with two attached hydrogens (primary N) is 1. The summed E-state index contributed by atoms with van der Waals surface area (Å²) in [6.45, 7) is 4.09. The van der Waals surface area contributed by atoms with Crippen LogP contribution in [0.1, 0.15) is 19.5 Å². The van der Waals surface area contributed by atoms with Gasteiger partial charge in [0, 0.05) is 18.2 Å². The Morgan fingerprint density at radius 2 is 2.24 bits per heavy atom. The predicted molar refractivity (Wildman–Crippen MR) is 91.3 cm³/mol. The minimum atomic E-state index is -0.0979. The van der Waals surface area contributed by atoms with Gasteiger partial charge in [0.05, 0.1) is 11.6 Å². The molecule has 1 aromatic rings. The smallest absolute Gasteiger partial charge is 0.238 e. The first-order chi connectivity index (χ1) is 9.97. The molecule has 0 radical (unpaired) electrons. The van der Waals surface area contributed by atoms with E-state index in [9.17, 15) is 4.79 Å². The monoisotopic (exact) mass is 340 g/mol. The SMILES string of the molecule is CC1=C(C)C2C(=O)N(C)C(SCc3csc(N)n3)=NC2S1. The molecule has 0 bridgehead atoms. The van der Waals surface area contributed by atoms with E-state index in [1.807, 2.05) is 12.3 Å². The first kappa shape index (κ1) is 14.9. The number of carbonyl (C=O) groups is 1. The summed E-state index contributed by atoms with van der Waals surface area (Å²) in [5.74, 6) is 0.717. The van der Waals surface area contributed by atoms with E-state index in [4.69, 9.17) is 10.7 Å². The maximum atomic E-state index is 12.5. The second kappa shape index (κ2) is 5.66. The summed E-state index contributed by atoms with van der Waals surface area (Å²) in [7, 11) is 1.80. The average molecular weight is 340 g/mol. The van der Waals surface area contributed by atoms with Gasteiger partial charge in [0.1, 0.15) is 5.37 Å². The second-order valence-electron chi connectivity index (χ2n) is 5.00. The largest absolute Gasteiger partial charge is 0.375 e. The van der Waals surface area contributed by atoms with Crippen molar-refractivity contribution < 1.29 is 4.79 Å². The summed E-state index contributed by atoms with van der Waals surface area (Å²) in [6, 6.07) is 0. The van der Waals surface area contributed by atoms with E-state index in [1.54, 1.807) is 23.7 Å². The molecule has 3 rings (SSSR count). The summed E-state index contributed by atoms with van der Waals surface area (Å²) in [6.07, 6.45) is 0. The van der Waals surface area contributed by atoms with Gasteiger partial charge in [-0.3, -0.25) is 9.69 Å². The number of allylic oxidation sites excluding steroid dienone is 1. The van der Waals surface area contributed by atoms with E-state index in [-0.39, 0.29) is 17.2 Å². The molecule has 2 atom stereocenters. The van der Waals surface area contributed by atoms with Crippen LogP contribution in [0.25, 0.3) is 0 Å². The standard InChI is InChI=1S/C13H16N4OS3/c1-6-7(2)21-10-9(6)11(18)17(3)13(16-10)20-5-8-4-19-12(14)15-8/h4,9-10H,5H2,1-3H3,(H2,14,15). The first-order valence-corrected chi connectivity index (χ1v) is 9.24. The van der Waals surface area contributed by atoms with Gasteiger partial charge in [0.2, 0.25) is 5.91 Å². The maximum absolute atomic E-state index is 12.5. The first-order valence-electron chi connectivity index (χ1n) is 6.49. The number of aliphatic imine (C=N–C) groups is 1. The lowest BCUT2D eigenvalue weighted by molar-refractivity contribution is -0.129. The van der Waals surface area contributed by atoms with Gasteiger partial charge in [-0.1, -0.05) is 11.8 Å². The Labute approximate surface area is 136 Å². The third kappa shape index (κ3) is 2.72. The van der Waals surface area contributed by atoms with Gasteiger partial charge in [-0.15, -0.1) is 23.1 Å². The number of carbonyl (C=O) groups excluding carboxylic acids is 1. The highest BCUT2D eigenvalue weighted by molar-refractivity contribution is 8.13. The third-order valence-electron chi connectivity index (χ3n) is 3.64. The summed E-state index contributed by atoms with van der Waals surface area (Å²) in [5.41, 5.74) is 7.71. The van der Waals surface area contributed by atoms with Crippen LogP contribution >= 0.6 is 34.9 Å². The second-order valence-corrected chi connectivity index (χ2v) is 8.16. The number of thiazole rings is 1. The molecule has 2 aliphatic heterocycles. The topological polar surface area (TPSA) is 71.6 Å². The highest BCUT2D eigenvalue weighted by Crippen LogP contribution is 2.45. The van der Waals surface area contributed by atoms with Gasteiger partial charge >= 0.3 is 0 Å². The van der Waals surface area contributed by atoms with E-state index in [0.717, 1.165) is 16.4 Å². The molecule has 2 unspecified atom stereocenters. The van der Waals surface area contributed by atoms with E-state index in [2.05, 4.69) is 11.9 Å². The molecule has 0 fully saturated rings. The molecule has 2 N–H and O–H groups in total. The Balaban J connectivity index is 1.76. The zero-order chi connectivity index (χ0) is 15.1. The summed E-state index contributed by atoms with van der Waals surface area (Å²) in [5, 5.41) is 3.28. The molecule has 112 valence electrons. The van der Waals surface area contributed by atoms with Gasteiger partial charge in [-0.2, -0.15) is 0 Å². The summed E-state index contributed by atoms with van der Waals surface area (Å²) in [4.78, 5) is 24.4. The minimum absolute atomic E-state index is 0.00305. The number of nitrogens with zero attached hydrogens (tertiary/aromatic N) is 3. The Hall–Kier alpha value is -0.990. The van der Waals surface area contributed by atoms with E-state index >= 15 is 0 Å². The highest BCUT2D eigenvalue weighted by atomic mass is 32.2. The zero-order valence-electron chi connectivity index (χ0n) is 12.0. The van der Waals surface area contributed by atoms with Crippen LogP contribution in [0, 0.1) is 5.92 Å². The zero-order valence-corrected chi connectivity index (χ0v) is 14.4. The van der Waals surface area contributed by atoms with Crippen molar-refractivity contribution in [1.29, 1.82) is 0 Å². The number of anilines is 1. The fourth-order valence-corrected chi connectivity index (χ4v) is 5.26. The van der Waals surface area contributed by atoms with Crippen molar-refractivity contribution in [3.8, 4) is 0 Å². The van der Waals surface area contributed by atoms with Crippen molar-refractivity contribution in [1.82, 2.24) is 9.88 Å². The molecule has 0 aromatic carbocycles. The normalized spacial score (nSPS) is 25.4. The molecule has 1 amide bonds. The van der Waals surface area contributed by atoms with E-state index in [1.165, 1.54) is 28.0 Å². The number of thioether (sulfide) groups is 2. The van der Waals surface area contributed by atoms with Crippen molar-refractivity contribution in [2.45, 2.75) is 25.0 Å². The van der Waals surface area contributed by atoms with Crippen molar-refractivity contribution in [3.63, 3.8) is 0 Å². The lowest BCUT2D eigenvalue weighted by Crippen LogP contribution is -2.44. The molecular weight excluding hydrogens is 324 g/mol. The minimum Gasteiger partial charge on any atom is -0.375 e. The molecule has 5 nitrogen and oxygen atoms in total. The van der Waals surface area contributed by atoms with Crippen LogP contribution in [0.15, 0.2) is 20.9 Å². The van der Waals surface area contributed by atoms with Crippen LogP contribution in [0.3, 0.4) is 0 Å². The van der Waals surface area contributed by atoms with Crippen LogP contribution in [-0.2, 0) is 10.5 Å². The van der Waals surface area contributed by atoms with Crippen molar-refractivity contribution >= 4 is 51.1 Å². The molecule has 2 aliphatic rings. The van der Waals surface area contributed by atoms with Crippen LogP contribution in [-0.4, -0.2) is 33.4 Å². The number of rotatable bonds is 2. The number of aromatic nitrogens is 1. The molecule has 0 spiro atoms. The summed E-state index contributed by atoms with van der Waals surface area (Å²) >= 11 is 4.66. The lowest BCUT2D eigenvalue weighted by atomic mass is 9.98. The van der Waals surface area contributed by atoms with Gasteiger partial charge < -0.3 is 5.73 Å². The van der Waals surface area contributed by atoms with Crippen molar-refractivity contribution in [2.24, 2.45) is 10.9 Å². The lowest BCUT2D eigenvalue weighted by Gasteiger charge is -2.30. The number of hydrogen-bond donors (Lipinski definition) is 1. The van der Waals surface area contributed by atoms with Gasteiger partial charge in [-0.25, -0.2) is 9.98 Å². The number of fused-ring (bicyclic) bond motifs is 1. The average Bonchev–Trinajstić information content (AvgIpc) is 2.97. The van der Waals surface area contributed by atoms with Crippen LogP contribution < -0.4 is 5.73 Å². The van der Waals surface area contributed by atoms with Crippen LogP contribution in [0.5, 0.6) is 0 Å². The Bertz CT molecular complexity index is 652. The fraction of sp³-hybridized carbons (Fsp3) is 0.462. The molecule has 8 heteroatoms. The molecule has 0 aliphatic carbocycles. The van der Waals surface area contributed by atoms with Crippen LogP contribution in [0.4, 0.5) is 5.13 Å². The third-order valence-corrected chi connectivity index (χ3v) is 6.74. The van der Waals surface area contributed by atoms with Gasteiger partial charge in [0.15, 0.2) is 10.3 Å². The molecule has 0 saturated carbocycles. The Morgan fingerprint density at radius 3 is 2.90 bits per heavy atom. The predicted octanol–water partition coefficient (Wildman–Crippen LogP) is 2.77. The Morgan fingerprint density at radius 1 is 1.48 bits per heavy atom. The van der Waals surface area contributed by atoms with E-state index in [0.29, 0.717) is 10.9 Å². The van der Waals surface area contributed by atoms with Gasteiger partial charge in [0.25, 0.3) is 0 Å². The molecule has 21 heavy (non-hydrogen) atoms. The molecule has 0 saturated heterocycles. The molecule has 3 heterocycles. The number of hydrogen-bond acceptors (Lipinski definition) is 7. The Kier molecular flexibility index (Phi) is 4.02. The van der Waals surface area contributed by atoms with Crippen molar-refractivity contribution in [3.05, 3.63) is 21.6 Å². The number of amidine groups is 1. The number of amides is 1.